The Labute approximate surface area is 151 Å². The number of hydrogen-bond acceptors (Lipinski definition) is 5. The molecular weight excluding hydrogens is 330 g/mol. The van der Waals surface area contributed by atoms with E-state index in [-0.39, 0.29) is 29.2 Å². The number of aromatic amines is 1. The summed E-state index contributed by atoms with van der Waals surface area (Å²) >= 11 is 0. The Hall–Kier alpha value is -3.27. The van der Waals surface area contributed by atoms with Gasteiger partial charge in [0.15, 0.2) is 0 Å². The maximum absolute atomic E-state index is 13.7. The van der Waals surface area contributed by atoms with E-state index in [1.165, 1.54) is 0 Å². The molecule has 0 saturated heterocycles. The molecule has 3 heterocycles. The van der Waals surface area contributed by atoms with Gasteiger partial charge in [0.25, 0.3) is 0 Å². The molecule has 132 valence electrons. The molecule has 0 radical (unpaired) electrons. The van der Waals surface area contributed by atoms with Crippen LogP contribution in [0.4, 0.5) is 5.69 Å². The van der Waals surface area contributed by atoms with Gasteiger partial charge in [-0.15, -0.1) is 5.10 Å². The number of likely N-dealkylation sites (N-methyl/N-ethyl adjacent to an activating group) is 1. The molecule has 0 unspecified atom stereocenters. The number of amides is 1. The number of para-hydroxylation sites is 1. The van der Waals surface area contributed by atoms with Crippen LogP contribution in [0, 0.1) is 11.3 Å². The van der Waals surface area contributed by atoms with Crippen LogP contribution in [0.1, 0.15) is 43.5 Å². The molecule has 3 N–H and O–H groups in total. The van der Waals surface area contributed by atoms with Crippen LogP contribution in [-0.2, 0) is 10.2 Å². The third-order valence-electron chi connectivity index (χ3n) is 5.13. The summed E-state index contributed by atoms with van der Waals surface area (Å²) in [5.74, 6) is 0.0319. The minimum absolute atomic E-state index is 0.0571. The van der Waals surface area contributed by atoms with Gasteiger partial charge in [0.1, 0.15) is 17.1 Å². The first-order valence-electron chi connectivity index (χ1n) is 8.56. The highest BCUT2D eigenvalue weighted by atomic mass is 16.5. The average molecular weight is 349 g/mol. The Kier molecular flexibility index (Phi) is 3.34. The number of hydrogen-bond donors (Lipinski definition) is 2. The van der Waals surface area contributed by atoms with E-state index < -0.39 is 5.41 Å². The average Bonchev–Trinajstić information content (AvgIpc) is 3.14. The van der Waals surface area contributed by atoms with Crippen molar-refractivity contribution in [2.45, 2.75) is 32.1 Å². The molecule has 0 bridgehead atoms. The second kappa shape index (κ2) is 5.36. The maximum Gasteiger partial charge on any atom is 0.247 e. The summed E-state index contributed by atoms with van der Waals surface area (Å²) < 4.78 is 5.61. The van der Waals surface area contributed by atoms with Crippen molar-refractivity contribution in [2.75, 3.05) is 11.4 Å². The van der Waals surface area contributed by atoms with Gasteiger partial charge in [0.05, 0.1) is 5.56 Å². The van der Waals surface area contributed by atoms with E-state index in [1.54, 1.807) is 4.90 Å². The van der Waals surface area contributed by atoms with Crippen molar-refractivity contribution in [3.8, 4) is 11.9 Å². The number of fused-ring (bicyclic) bond motifs is 4. The van der Waals surface area contributed by atoms with Crippen molar-refractivity contribution >= 4 is 11.6 Å². The van der Waals surface area contributed by atoms with Crippen LogP contribution in [0.15, 0.2) is 35.7 Å². The number of nitrogens with zero attached hydrogens (tertiary/aromatic N) is 3. The summed E-state index contributed by atoms with van der Waals surface area (Å²) in [7, 11) is 0. The van der Waals surface area contributed by atoms with Gasteiger partial charge in [-0.05, 0) is 18.9 Å². The van der Waals surface area contributed by atoms with E-state index in [2.05, 4.69) is 16.3 Å². The van der Waals surface area contributed by atoms with E-state index in [1.807, 2.05) is 45.0 Å². The second-order valence-electron chi connectivity index (χ2n) is 6.74. The van der Waals surface area contributed by atoms with Crippen LogP contribution in [0.25, 0.3) is 0 Å². The van der Waals surface area contributed by atoms with Crippen LogP contribution in [0.5, 0.6) is 5.88 Å². The van der Waals surface area contributed by atoms with Gasteiger partial charge in [-0.1, -0.05) is 32.0 Å². The number of anilines is 1. The highest BCUT2D eigenvalue weighted by Gasteiger charge is 2.60. The third-order valence-corrected chi connectivity index (χ3v) is 5.13. The number of nitriles is 1. The fourth-order valence-electron chi connectivity index (χ4n) is 4.05. The molecule has 0 saturated carbocycles. The summed E-state index contributed by atoms with van der Waals surface area (Å²) in [4.78, 5) is 15.4. The highest BCUT2D eigenvalue weighted by Crippen LogP contribution is 2.56. The number of ether oxygens (including phenoxy) is 1. The summed E-state index contributed by atoms with van der Waals surface area (Å²) in [6.07, 6.45) is 0. The lowest BCUT2D eigenvalue weighted by atomic mass is 9.68. The molecule has 1 amide bonds. The van der Waals surface area contributed by atoms with Crippen LogP contribution < -0.4 is 15.4 Å². The quantitative estimate of drug-likeness (QED) is 0.864. The predicted octanol–water partition coefficient (Wildman–Crippen LogP) is 2.27. The van der Waals surface area contributed by atoms with Gasteiger partial charge in [0.2, 0.25) is 17.7 Å². The van der Waals surface area contributed by atoms with Crippen LogP contribution >= 0.6 is 0 Å². The van der Waals surface area contributed by atoms with Crippen molar-refractivity contribution in [2.24, 2.45) is 5.73 Å². The number of carbonyl (C=O) groups excluding carboxylic acids is 1. The fraction of sp³-hybridized carbons (Fsp3) is 0.316. The standard InChI is InChI=1S/C19H19N5O2/c1-4-24-13-8-6-5-7-11(13)19(18(24)25)12(9-20)16(21)26-17-14(19)15(10(2)3)22-23-17/h5-8,10H,4,21H2,1-3H3,(H,22,23)/t19-/m1/s1. The molecule has 4 rings (SSSR count). The second-order valence-corrected chi connectivity index (χ2v) is 6.74. The Morgan fingerprint density at radius 1 is 1.42 bits per heavy atom. The van der Waals surface area contributed by atoms with Crippen molar-refractivity contribution in [1.82, 2.24) is 10.2 Å². The summed E-state index contributed by atoms with van der Waals surface area (Å²) in [5, 5.41) is 17.1. The zero-order valence-electron chi connectivity index (χ0n) is 14.8. The fourth-order valence-corrected chi connectivity index (χ4v) is 4.05. The Balaban J connectivity index is 2.18. The lowest BCUT2D eigenvalue weighted by molar-refractivity contribution is -0.120. The van der Waals surface area contributed by atoms with Gasteiger partial charge in [-0.2, -0.15) is 5.26 Å². The van der Waals surface area contributed by atoms with Gasteiger partial charge in [-0.25, -0.2) is 0 Å². The molecule has 1 spiro atoms. The highest BCUT2D eigenvalue weighted by molar-refractivity contribution is 6.14. The summed E-state index contributed by atoms with van der Waals surface area (Å²) in [5.41, 5.74) is 7.72. The molecule has 1 atom stereocenters. The zero-order valence-corrected chi connectivity index (χ0v) is 14.8. The smallest absolute Gasteiger partial charge is 0.247 e. The molecule has 0 fully saturated rings. The number of nitrogens with one attached hydrogen (secondary N) is 1. The van der Waals surface area contributed by atoms with Crippen molar-refractivity contribution in [1.29, 1.82) is 5.26 Å². The first-order chi connectivity index (χ1) is 12.5. The lowest BCUT2D eigenvalue weighted by Crippen LogP contribution is -2.46. The maximum atomic E-state index is 13.7. The van der Waals surface area contributed by atoms with Crippen LogP contribution in [0.2, 0.25) is 0 Å². The molecule has 2 aromatic rings. The summed E-state index contributed by atoms with van der Waals surface area (Å²) in [6, 6.07) is 9.65. The van der Waals surface area contributed by atoms with E-state index in [0.29, 0.717) is 12.1 Å². The molecule has 2 aliphatic rings. The van der Waals surface area contributed by atoms with E-state index >= 15 is 0 Å². The minimum atomic E-state index is -1.33. The number of rotatable bonds is 2. The van der Waals surface area contributed by atoms with Gasteiger partial charge < -0.3 is 15.4 Å². The number of benzene rings is 1. The Bertz CT molecular complexity index is 998. The molecule has 2 aliphatic heterocycles. The molecule has 7 nitrogen and oxygen atoms in total. The van der Waals surface area contributed by atoms with E-state index in [4.69, 9.17) is 10.5 Å². The topological polar surface area (TPSA) is 108 Å². The monoisotopic (exact) mass is 349 g/mol. The number of H-pyrrole nitrogens is 1. The zero-order chi connectivity index (χ0) is 18.6. The lowest BCUT2D eigenvalue weighted by Gasteiger charge is -2.33. The summed E-state index contributed by atoms with van der Waals surface area (Å²) in [6.45, 7) is 6.39. The molecular formula is C19H19N5O2. The van der Waals surface area contributed by atoms with Crippen molar-refractivity contribution < 1.29 is 9.53 Å². The predicted molar refractivity (Wildman–Crippen MR) is 95.4 cm³/mol. The Morgan fingerprint density at radius 3 is 2.81 bits per heavy atom. The molecule has 0 aliphatic carbocycles. The first-order valence-corrected chi connectivity index (χ1v) is 8.56. The molecule has 7 heteroatoms. The van der Waals surface area contributed by atoms with Gasteiger partial charge in [0, 0.05) is 23.5 Å². The van der Waals surface area contributed by atoms with E-state index in [0.717, 1.165) is 16.9 Å². The van der Waals surface area contributed by atoms with E-state index in [9.17, 15) is 10.1 Å². The number of aromatic nitrogens is 2. The van der Waals surface area contributed by atoms with Crippen molar-refractivity contribution in [3.05, 3.63) is 52.5 Å². The third kappa shape index (κ3) is 1.71. The largest absolute Gasteiger partial charge is 0.420 e. The van der Waals surface area contributed by atoms with Crippen molar-refractivity contribution in [3.63, 3.8) is 0 Å². The van der Waals surface area contributed by atoms with Crippen LogP contribution in [-0.4, -0.2) is 22.6 Å². The SMILES string of the molecule is CCN1C(=O)[C@@]2(C(C#N)=C(N)Oc3n[nH]c(C(C)C)c32)c2ccccc21. The molecule has 1 aromatic heterocycles. The van der Waals surface area contributed by atoms with Gasteiger partial charge in [-0.3, -0.25) is 9.89 Å². The van der Waals surface area contributed by atoms with Gasteiger partial charge >= 0.3 is 0 Å². The normalized spacial score (nSPS) is 21.0. The molecule has 26 heavy (non-hydrogen) atoms. The Morgan fingerprint density at radius 2 is 2.15 bits per heavy atom. The molecule has 1 aromatic carbocycles. The first kappa shape index (κ1) is 16.2. The van der Waals surface area contributed by atoms with Crippen LogP contribution in [0.3, 0.4) is 0 Å². The number of carbonyl (C=O) groups is 1. The number of nitrogens with two attached hydrogens (primary N) is 1. The minimum Gasteiger partial charge on any atom is -0.420 e.